The second-order valence-electron chi connectivity index (χ2n) is 6.41. The van der Waals surface area contributed by atoms with E-state index in [1.54, 1.807) is 0 Å². The van der Waals surface area contributed by atoms with Crippen molar-refractivity contribution in [3.8, 4) is 0 Å². The Kier molecular flexibility index (Phi) is 6.38. The summed E-state index contributed by atoms with van der Waals surface area (Å²) in [4.78, 5) is 14.6. The first-order valence-corrected chi connectivity index (χ1v) is 8.26. The highest BCUT2D eigenvalue weighted by Gasteiger charge is 2.34. The van der Waals surface area contributed by atoms with Crippen molar-refractivity contribution in [2.75, 3.05) is 18.7 Å². The van der Waals surface area contributed by atoms with Gasteiger partial charge in [-0.2, -0.15) is 0 Å². The summed E-state index contributed by atoms with van der Waals surface area (Å²) in [7, 11) is 0. The SMILES string of the molecule is Cc1cccc(NNC2CCCN2C(=O)C(NCO)C(C)C)c1. The van der Waals surface area contributed by atoms with Gasteiger partial charge in [0.15, 0.2) is 0 Å². The Morgan fingerprint density at radius 2 is 2.22 bits per heavy atom. The molecular weight excluding hydrogens is 292 g/mol. The number of benzene rings is 1. The largest absolute Gasteiger partial charge is 0.381 e. The fourth-order valence-corrected chi connectivity index (χ4v) is 2.96. The standard InChI is InChI=1S/C17H28N4O2/c1-12(2)16(18-11-22)17(23)21-9-5-8-15(21)20-19-14-7-4-6-13(3)10-14/h4,6-7,10,12,15-16,18-20,22H,5,8-9,11H2,1-3H3. The molecule has 6 nitrogen and oxygen atoms in total. The van der Waals surface area contributed by atoms with E-state index < -0.39 is 0 Å². The van der Waals surface area contributed by atoms with E-state index >= 15 is 0 Å². The van der Waals surface area contributed by atoms with Gasteiger partial charge in [0.25, 0.3) is 0 Å². The second kappa shape index (κ2) is 8.29. The quantitative estimate of drug-likeness (QED) is 0.452. The van der Waals surface area contributed by atoms with Gasteiger partial charge in [0, 0.05) is 12.2 Å². The second-order valence-corrected chi connectivity index (χ2v) is 6.41. The van der Waals surface area contributed by atoms with E-state index in [4.69, 9.17) is 5.11 Å². The van der Waals surface area contributed by atoms with Gasteiger partial charge in [0.1, 0.15) is 0 Å². The number of rotatable bonds is 7. The van der Waals surface area contributed by atoms with Crippen LogP contribution in [0.2, 0.25) is 0 Å². The van der Waals surface area contributed by atoms with Crippen LogP contribution in [-0.4, -0.2) is 41.4 Å². The highest BCUT2D eigenvalue weighted by atomic mass is 16.3. The lowest BCUT2D eigenvalue weighted by Crippen LogP contribution is -2.54. The molecule has 1 aromatic carbocycles. The lowest BCUT2D eigenvalue weighted by molar-refractivity contribution is -0.136. The van der Waals surface area contributed by atoms with Gasteiger partial charge in [-0.3, -0.25) is 10.1 Å². The van der Waals surface area contributed by atoms with Crippen molar-refractivity contribution >= 4 is 11.6 Å². The zero-order valence-electron chi connectivity index (χ0n) is 14.2. The minimum absolute atomic E-state index is 0.0371. The van der Waals surface area contributed by atoms with E-state index in [0.717, 1.165) is 25.1 Å². The van der Waals surface area contributed by atoms with Crippen molar-refractivity contribution in [2.24, 2.45) is 5.92 Å². The van der Waals surface area contributed by atoms with Gasteiger partial charge in [0.2, 0.25) is 5.91 Å². The molecule has 1 saturated heterocycles. The van der Waals surface area contributed by atoms with E-state index in [1.165, 1.54) is 5.56 Å². The van der Waals surface area contributed by atoms with Crippen molar-refractivity contribution in [3.63, 3.8) is 0 Å². The molecule has 1 aliphatic heterocycles. The van der Waals surface area contributed by atoms with Crippen LogP contribution < -0.4 is 16.2 Å². The summed E-state index contributed by atoms with van der Waals surface area (Å²) in [6.07, 6.45) is 1.85. The van der Waals surface area contributed by atoms with E-state index in [2.05, 4.69) is 22.2 Å². The Balaban J connectivity index is 1.97. The van der Waals surface area contributed by atoms with Gasteiger partial charge < -0.3 is 15.4 Å². The molecule has 1 amide bonds. The van der Waals surface area contributed by atoms with Crippen LogP contribution in [0.5, 0.6) is 0 Å². The van der Waals surface area contributed by atoms with Gasteiger partial charge in [0.05, 0.1) is 18.9 Å². The molecule has 0 spiro atoms. The summed E-state index contributed by atoms with van der Waals surface area (Å²) in [6, 6.07) is 7.73. The van der Waals surface area contributed by atoms with Crippen LogP contribution >= 0.6 is 0 Å². The number of carbonyl (C=O) groups is 1. The normalized spacial score (nSPS) is 19.2. The lowest BCUT2D eigenvalue weighted by atomic mass is 10.0. The van der Waals surface area contributed by atoms with Crippen LogP contribution in [0.25, 0.3) is 0 Å². The van der Waals surface area contributed by atoms with Crippen LogP contribution in [0, 0.1) is 12.8 Å². The summed E-state index contributed by atoms with van der Waals surface area (Å²) in [5.74, 6) is 0.163. The smallest absolute Gasteiger partial charge is 0.241 e. The molecule has 0 aromatic heterocycles. The monoisotopic (exact) mass is 320 g/mol. The molecule has 2 rings (SSSR count). The van der Waals surface area contributed by atoms with Crippen molar-refractivity contribution in [1.82, 2.24) is 15.6 Å². The van der Waals surface area contributed by atoms with E-state index in [0.29, 0.717) is 0 Å². The number of hydrogen-bond acceptors (Lipinski definition) is 5. The van der Waals surface area contributed by atoms with Crippen LogP contribution in [0.3, 0.4) is 0 Å². The van der Waals surface area contributed by atoms with Crippen molar-refractivity contribution in [3.05, 3.63) is 29.8 Å². The van der Waals surface area contributed by atoms with Crippen molar-refractivity contribution < 1.29 is 9.90 Å². The predicted octanol–water partition coefficient (Wildman–Crippen LogP) is 1.42. The maximum absolute atomic E-state index is 12.7. The molecule has 1 heterocycles. The molecular formula is C17H28N4O2. The first kappa shape index (κ1) is 17.7. The third kappa shape index (κ3) is 4.67. The number of nitrogens with zero attached hydrogens (tertiary/aromatic N) is 1. The molecule has 0 bridgehead atoms. The lowest BCUT2D eigenvalue weighted by Gasteiger charge is -2.31. The number of amides is 1. The maximum Gasteiger partial charge on any atom is 0.241 e. The van der Waals surface area contributed by atoms with Gasteiger partial charge in [-0.05, 0) is 43.4 Å². The molecule has 6 heteroatoms. The number of carbonyl (C=O) groups excluding carboxylic acids is 1. The topological polar surface area (TPSA) is 76.6 Å². The Morgan fingerprint density at radius 1 is 1.43 bits per heavy atom. The van der Waals surface area contributed by atoms with Gasteiger partial charge in [-0.25, -0.2) is 5.43 Å². The first-order valence-electron chi connectivity index (χ1n) is 8.26. The Bertz CT molecular complexity index is 521. The molecule has 1 aromatic rings. The molecule has 23 heavy (non-hydrogen) atoms. The number of hydrazine groups is 1. The predicted molar refractivity (Wildman–Crippen MR) is 91.5 cm³/mol. The molecule has 2 unspecified atom stereocenters. The van der Waals surface area contributed by atoms with Gasteiger partial charge in [-0.15, -0.1) is 0 Å². The highest BCUT2D eigenvalue weighted by Crippen LogP contribution is 2.19. The van der Waals surface area contributed by atoms with Gasteiger partial charge >= 0.3 is 0 Å². The first-order chi connectivity index (χ1) is 11.0. The average Bonchev–Trinajstić information content (AvgIpc) is 2.98. The summed E-state index contributed by atoms with van der Waals surface area (Å²) < 4.78 is 0. The number of nitrogens with one attached hydrogen (secondary N) is 3. The molecule has 0 saturated carbocycles. The zero-order chi connectivity index (χ0) is 16.8. The summed E-state index contributed by atoms with van der Waals surface area (Å²) in [5.41, 5.74) is 8.62. The summed E-state index contributed by atoms with van der Waals surface area (Å²) >= 11 is 0. The van der Waals surface area contributed by atoms with E-state index in [9.17, 15) is 4.79 Å². The molecule has 4 N–H and O–H groups in total. The number of aryl methyl sites for hydroxylation is 1. The van der Waals surface area contributed by atoms with Crippen LogP contribution in [0.1, 0.15) is 32.3 Å². The summed E-state index contributed by atoms with van der Waals surface area (Å²) in [5, 5.41) is 12.0. The van der Waals surface area contributed by atoms with Crippen molar-refractivity contribution in [1.29, 1.82) is 0 Å². The number of likely N-dealkylation sites (tertiary alicyclic amines) is 1. The summed E-state index contributed by atoms with van der Waals surface area (Å²) in [6.45, 7) is 6.55. The van der Waals surface area contributed by atoms with Gasteiger partial charge in [-0.1, -0.05) is 26.0 Å². The van der Waals surface area contributed by atoms with E-state index in [1.807, 2.05) is 43.9 Å². The Morgan fingerprint density at radius 3 is 2.87 bits per heavy atom. The fourth-order valence-electron chi connectivity index (χ4n) is 2.96. The Hall–Kier alpha value is -1.63. The highest BCUT2D eigenvalue weighted by molar-refractivity contribution is 5.82. The van der Waals surface area contributed by atoms with Crippen molar-refractivity contribution in [2.45, 2.75) is 45.8 Å². The Labute approximate surface area is 138 Å². The minimum Gasteiger partial charge on any atom is -0.381 e. The third-order valence-corrected chi connectivity index (χ3v) is 4.18. The molecule has 0 aliphatic carbocycles. The maximum atomic E-state index is 12.7. The number of aliphatic hydroxyl groups is 1. The third-order valence-electron chi connectivity index (χ3n) is 4.18. The molecule has 128 valence electrons. The molecule has 0 radical (unpaired) electrons. The van der Waals surface area contributed by atoms with Crippen LogP contribution in [0.15, 0.2) is 24.3 Å². The number of aliphatic hydroxyl groups excluding tert-OH is 1. The fraction of sp³-hybridized carbons (Fsp3) is 0.588. The minimum atomic E-state index is -0.360. The van der Waals surface area contributed by atoms with Crippen LogP contribution in [-0.2, 0) is 4.79 Å². The average molecular weight is 320 g/mol. The van der Waals surface area contributed by atoms with E-state index in [-0.39, 0.29) is 30.8 Å². The van der Waals surface area contributed by atoms with Crippen LogP contribution in [0.4, 0.5) is 5.69 Å². The zero-order valence-corrected chi connectivity index (χ0v) is 14.2. The number of hydrogen-bond donors (Lipinski definition) is 4. The molecule has 2 atom stereocenters. The molecule has 1 aliphatic rings. The molecule has 1 fully saturated rings. The number of anilines is 1.